The van der Waals surface area contributed by atoms with E-state index in [-0.39, 0.29) is 11.5 Å². The van der Waals surface area contributed by atoms with Gasteiger partial charge in [0.25, 0.3) is 10.1 Å². The Kier molecular flexibility index (Phi) is 6.43. The van der Waals surface area contributed by atoms with Crippen LogP contribution in [0, 0.1) is 6.92 Å². The van der Waals surface area contributed by atoms with Gasteiger partial charge in [-0.2, -0.15) is 16.8 Å². The summed E-state index contributed by atoms with van der Waals surface area (Å²) in [5, 5.41) is 0. The van der Waals surface area contributed by atoms with E-state index in [9.17, 15) is 16.8 Å². The van der Waals surface area contributed by atoms with Crippen LogP contribution in [0.4, 0.5) is 0 Å². The summed E-state index contributed by atoms with van der Waals surface area (Å²) in [5.74, 6) is 0. The molecule has 1 aromatic carbocycles. The fourth-order valence-corrected chi connectivity index (χ4v) is 1.64. The molecule has 0 aromatic heterocycles. The zero-order chi connectivity index (χ0) is 14.4. The molecular formula is C9H14O7S2. The molecule has 0 amide bonds. The first-order valence-electron chi connectivity index (χ1n) is 4.72. The van der Waals surface area contributed by atoms with Crippen LogP contribution in [0.5, 0.6) is 0 Å². The molecule has 9 heteroatoms. The van der Waals surface area contributed by atoms with E-state index >= 15 is 0 Å². The SMILES string of the molecule is CCOS(=O)(=O)O.Cc1ccc(S(=O)(=O)O)cc1. The lowest BCUT2D eigenvalue weighted by molar-refractivity contribution is 0.283. The Balaban J connectivity index is 0.000000360. The maximum atomic E-state index is 10.5. The van der Waals surface area contributed by atoms with Crippen LogP contribution >= 0.6 is 0 Å². The smallest absolute Gasteiger partial charge is 0.282 e. The summed E-state index contributed by atoms with van der Waals surface area (Å²) in [6.45, 7) is 3.28. The predicted octanol–water partition coefficient (Wildman–Crippen LogP) is 1.07. The molecule has 2 N–H and O–H groups in total. The van der Waals surface area contributed by atoms with Gasteiger partial charge in [0.1, 0.15) is 0 Å². The van der Waals surface area contributed by atoms with Crippen molar-refractivity contribution in [2.24, 2.45) is 0 Å². The third-order valence-electron chi connectivity index (χ3n) is 1.59. The van der Waals surface area contributed by atoms with Crippen molar-refractivity contribution < 1.29 is 30.1 Å². The van der Waals surface area contributed by atoms with Crippen LogP contribution in [0.25, 0.3) is 0 Å². The summed E-state index contributed by atoms with van der Waals surface area (Å²) in [6.07, 6.45) is 0. The molecule has 18 heavy (non-hydrogen) atoms. The maximum Gasteiger partial charge on any atom is 0.397 e. The number of aryl methyl sites for hydroxylation is 1. The third-order valence-corrected chi connectivity index (χ3v) is 2.99. The normalized spacial score (nSPS) is 11.6. The van der Waals surface area contributed by atoms with Gasteiger partial charge >= 0.3 is 10.4 Å². The van der Waals surface area contributed by atoms with E-state index in [0.717, 1.165) is 5.56 Å². The van der Waals surface area contributed by atoms with Crippen LogP contribution in [0.15, 0.2) is 29.2 Å². The van der Waals surface area contributed by atoms with Crippen molar-refractivity contribution in [3.63, 3.8) is 0 Å². The molecule has 7 nitrogen and oxygen atoms in total. The third kappa shape index (κ3) is 8.14. The zero-order valence-corrected chi connectivity index (χ0v) is 11.4. The molecule has 0 saturated carbocycles. The highest BCUT2D eigenvalue weighted by Gasteiger charge is 2.06. The van der Waals surface area contributed by atoms with Gasteiger partial charge in [-0.1, -0.05) is 17.7 Å². The van der Waals surface area contributed by atoms with Gasteiger partial charge in [0.05, 0.1) is 11.5 Å². The van der Waals surface area contributed by atoms with Gasteiger partial charge in [-0.25, -0.2) is 4.18 Å². The molecule has 0 radical (unpaired) electrons. The molecule has 0 aliphatic rings. The number of hydrogen-bond acceptors (Lipinski definition) is 5. The summed E-state index contributed by atoms with van der Waals surface area (Å²) in [7, 11) is -8.19. The van der Waals surface area contributed by atoms with E-state index in [1.807, 2.05) is 6.92 Å². The fourth-order valence-electron chi connectivity index (χ4n) is 0.859. The second kappa shape index (κ2) is 6.81. The molecule has 0 saturated heterocycles. The second-order valence-corrected chi connectivity index (χ2v) is 5.64. The van der Waals surface area contributed by atoms with Crippen molar-refractivity contribution in [1.82, 2.24) is 0 Å². The molecule has 0 bridgehead atoms. The number of rotatable bonds is 3. The molecule has 0 fully saturated rings. The number of hydrogen-bond donors (Lipinski definition) is 2. The quantitative estimate of drug-likeness (QED) is 0.801. The highest BCUT2D eigenvalue weighted by atomic mass is 32.3. The number of benzene rings is 1. The van der Waals surface area contributed by atoms with Crippen LogP contribution in [0.3, 0.4) is 0 Å². The Morgan fingerprint density at radius 1 is 1.06 bits per heavy atom. The molecule has 104 valence electrons. The topological polar surface area (TPSA) is 118 Å². The van der Waals surface area contributed by atoms with Gasteiger partial charge in [0.2, 0.25) is 0 Å². The molecular weight excluding hydrogens is 284 g/mol. The summed E-state index contributed by atoms with van der Waals surface area (Å²) < 4.78 is 60.2. The second-order valence-electron chi connectivity index (χ2n) is 3.12. The predicted molar refractivity (Wildman–Crippen MR) is 64.2 cm³/mol. The molecule has 1 aromatic rings. The lowest BCUT2D eigenvalue weighted by Gasteiger charge is -1.95. The summed E-state index contributed by atoms with van der Waals surface area (Å²) in [4.78, 5) is -0.0666. The Bertz CT molecular complexity index is 557. The average molecular weight is 298 g/mol. The van der Waals surface area contributed by atoms with Gasteiger partial charge in [0, 0.05) is 0 Å². The van der Waals surface area contributed by atoms with Crippen LogP contribution < -0.4 is 0 Å². The summed E-state index contributed by atoms with van der Waals surface area (Å²) in [5.41, 5.74) is 0.956. The molecule has 0 aliphatic heterocycles. The highest BCUT2D eigenvalue weighted by molar-refractivity contribution is 7.85. The fraction of sp³-hybridized carbons (Fsp3) is 0.333. The molecule has 0 atom stereocenters. The first-order valence-corrected chi connectivity index (χ1v) is 7.52. The van der Waals surface area contributed by atoms with E-state index in [2.05, 4.69) is 4.18 Å². The lowest BCUT2D eigenvalue weighted by Crippen LogP contribution is -2.01. The van der Waals surface area contributed by atoms with E-state index in [1.165, 1.54) is 19.1 Å². The molecule has 0 aliphatic carbocycles. The van der Waals surface area contributed by atoms with Crippen LogP contribution in [0.2, 0.25) is 0 Å². The van der Waals surface area contributed by atoms with Crippen molar-refractivity contribution in [3.8, 4) is 0 Å². The van der Waals surface area contributed by atoms with Crippen molar-refractivity contribution in [2.75, 3.05) is 6.61 Å². The Labute approximate surface area is 106 Å². The molecule has 0 unspecified atom stereocenters. The van der Waals surface area contributed by atoms with Crippen molar-refractivity contribution in [2.45, 2.75) is 18.7 Å². The highest BCUT2D eigenvalue weighted by Crippen LogP contribution is 2.08. The van der Waals surface area contributed by atoms with E-state index < -0.39 is 20.5 Å². The Morgan fingerprint density at radius 3 is 1.72 bits per heavy atom. The summed E-state index contributed by atoms with van der Waals surface area (Å²) >= 11 is 0. The van der Waals surface area contributed by atoms with Gasteiger partial charge in [0.15, 0.2) is 0 Å². The van der Waals surface area contributed by atoms with Gasteiger partial charge in [-0.05, 0) is 26.0 Å². The van der Waals surface area contributed by atoms with Crippen molar-refractivity contribution in [1.29, 1.82) is 0 Å². The zero-order valence-electron chi connectivity index (χ0n) is 9.77. The maximum absolute atomic E-state index is 10.5. The van der Waals surface area contributed by atoms with Crippen LogP contribution in [-0.4, -0.2) is 32.5 Å². The first-order chi connectivity index (χ1) is 8.06. The first kappa shape index (κ1) is 17.0. The van der Waals surface area contributed by atoms with Crippen molar-refractivity contribution >= 4 is 20.5 Å². The Morgan fingerprint density at radius 2 is 1.50 bits per heavy atom. The van der Waals surface area contributed by atoms with Crippen LogP contribution in [0.1, 0.15) is 12.5 Å². The van der Waals surface area contributed by atoms with E-state index in [0.29, 0.717) is 0 Å². The Hall–Kier alpha value is -1.00. The molecule has 1 rings (SSSR count). The van der Waals surface area contributed by atoms with E-state index in [4.69, 9.17) is 9.11 Å². The van der Waals surface area contributed by atoms with Gasteiger partial charge in [-0.3, -0.25) is 9.11 Å². The van der Waals surface area contributed by atoms with Gasteiger partial charge in [-0.15, -0.1) is 0 Å². The monoisotopic (exact) mass is 298 g/mol. The van der Waals surface area contributed by atoms with Crippen LogP contribution in [-0.2, 0) is 24.7 Å². The minimum Gasteiger partial charge on any atom is -0.282 e. The molecule has 0 heterocycles. The largest absolute Gasteiger partial charge is 0.397 e. The molecule has 0 spiro atoms. The average Bonchev–Trinajstić information content (AvgIpc) is 2.15. The van der Waals surface area contributed by atoms with Gasteiger partial charge < -0.3 is 0 Å². The minimum absolute atomic E-state index is 0.0289. The lowest BCUT2D eigenvalue weighted by atomic mass is 10.2. The standard InChI is InChI=1S/C7H8O3S.C2H6O4S/c1-6-2-4-7(5-3-6)11(8,9)10;1-2-6-7(3,4)5/h2-5H,1H3,(H,8,9,10);2H2,1H3,(H,3,4,5). The van der Waals surface area contributed by atoms with Crippen molar-refractivity contribution in [3.05, 3.63) is 29.8 Å². The van der Waals surface area contributed by atoms with E-state index in [1.54, 1.807) is 12.1 Å². The minimum atomic E-state index is -4.17. The summed E-state index contributed by atoms with van der Waals surface area (Å²) in [6, 6.07) is 5.99.